The molecule has 1 N–H and O–H groups in total. The molecule has 2 aromatic rings. The monoisotopic (exact) mass is 233 g/mol. The van der Waals surface area contributed by atoms with E-state index in [2.05, 4.69) is 28.0 Å². The van der Waals surface area contributed by atoms with E-state index in [0.717, 1.165) is 30.8 Å². The van der Waals surface area contributed by atoms with Gasteiger partial charge in [0.1, 0.15) is 5.76 Å². The van der Waals surface area contributed by atoms with Crippen LogP contribution in [0.2, 0.25) is 0 Å². The molecule has 0 saturated carbocycles. The summed E-state index contributed by atoms with van der Waals surface area (Å²) in [5.74, 6) is 1.05. The first-order chi connectivity index (χ1) is 8.29. The van der Waals surface area contributed by atoms with E-state index in [1.807, 2.05) is 25.5 Å². The maximum atomic E-state index is 5.33. The Labute approximate surface area is 102 Å². The predicted molar refractivity (Wildman–Crippen MR) is 66.7 cm³/mol. The zero-order valence-electron chi connectivity index (χ0n) is 10.4. The van der Waals surface area contributed by atoms with Crippen LogP contribution >= 0.6 is 0 Å². The Hall–Kier alpha value is -1.55. The van der Waals surface area contributed by atoms with Crippen LogP contribution in [0.5, 0.6) is 0 Å². The Kier molecular flexibility index (Phi) is 3.98. The molecule has 4 nitrogen and oxygen atoms in total. The zero-order valence-corrected chi connectivity index (χ0v) is 10.4. The molecule has 1 atom stereocenters. The van der Waals surface area contributed by atoms with Gasteiger partial charge in [0, 0.05) is 25.2 Å². The van der Waals surface area contributed by atoms with Crippen molar-refractivity contribution in [1.82, 2.24) is 14.9 Å². The smallest absolute Gasteiger partial charge is 0.103 e. The summed E-state index contributed by atoms with van der Waals surface area (Å²) in [6, 6.07) is 4.40. The van der Waals surface area contributed by atoms with E-state index in [9.17, 15) is 0 Å². The summed E-state index contributed by atoms with van der Waals surface area (Å²) in [5, 5.41) is 3.10. The lowest BCUT2D eigenvalue weighted by Crippen LogP contribution is -2.06. The van der Waals surface area contributed by atoms with Crippen molar-refractivity contribution >= 4 is 0 Å². The van der Waals surface area contributed by atoms with E-state index in [0.29, 0.717) is 6.04 Å². The van der Waals surface area contributed by atoms with Crippen LogP contribution in [0.4, 0.5) is 0 Å². The van der Waals surface area contributed by atoms with Gasteiger partial charge in [0.05, 0.1) is 18.3 Å². The molecule has 0 saturated heterocycles. The molecule has 0 amide bonds. The predicted octanol–water partition coefficient (Wildman–Crippen LogP) is 2.39. The summed E-state index contributed by atoms with van der Waals surface area (Å²) in [6.45, 7) is 3.02. The topological polar surface area (TPSA) is 43.0 Å². The van der Waals surface area contributed by atoms with Gasteiger partial charge >= 0.3 is 0 Å². The van der Waals surface area contributed by atoms with Crippen LogP contribution in [0.3, 0.4) is 0 Å². The molecule has 0 aliphatic carbocycles. The van der Waals surface area contributed by atoms with Crippen molar-refractivity contribution in [1.29, 1.82) is 0 Å². The molecule has 0 bridgehead atoms. The van der Waals surface area contributed by atoms with Crippen molar-refractivity contribution in [2.75, 3.05) is 7.05 Å². The fraction of sp³-hybridized carbons (Fsp3) is 0.462. The molecule has 0 aromatic carbocycles. The molecule has 0 spiro atoms. The highest BCUT2D eigenvalue weighted by atomic mass is 16.3. The minimum atomic E-state index is 0.443. The van der Waals surface area contributed by atoms with Crippen LogP contribution in [0.25, 0.3) is 0 Å². The molecular weight excluding hydrogens is 214 g/mol. The third-order valence-electron chi connectivity index (χ3n) is 2.91. The minimum absolute atomic E-state index is 0.443. The summed E-state index contributed by atoms with van der Waals surface area (Å²) in [7, 11) is 1.93. The first-order valence-electron chi connectivity index (χ1n) is 5.99. The normalized spacial score (nSPS) is 12.8. The third kappa shape index (κ3) is 3.20. The number of hydrogen-bond donors (Lipinski definition) is 1. The molecule has 2 rings (SSSR count). The van der Waals surface area contributed by atoms with Gasteiger partial charge in [0.25, 0.3) is 0 Å². The third-order valence-corrected chi connectivity index (χ3v) is 2.91. The summed E-state index contributed by atoms with van der Waals surface area (Å²) < 4.78 is 7.49. The molecule has 2 heterocycles. The van der Waals surface area contributed by atoms with Crippen molar-refractivity contribution in [2.45, 2.75) is 32.4 Å². The van der Waals surface area contributed by atoms with E-state index < -0.39 is 0 Å². The summed E-state index contributed by atoms with van der Waals surface area (Å²) in [6.07, 6.45) is 7.75. The SMILES string of the molecule is CNCc1cn(C(C)CCc2ccco2)cn1. The van der Waals surface area contributed by atoms with Gasteiger partial charge in [-0.3, -0.25) is 0 Å². The van der Waals surface area contributed by atoms with E-state index >= 15 is 0 Å². The molecule has 2 aromatic heterocycles. The quantitative estimate of drug-likeness (QED) is 0.833. The van der Waals surface area contributed by atoms with Crippen molar-refractivity contribution < 1.29 is 4.42 Å². The van der Waals surface area contributed by atoms with Crippen molar-refractivity contribution in [3.8, 4) is 0 Å². The fourth-order valence-electron chi connectivity index (χ4n) is 1.85. The molecule has 0 aliphatic rings. The first kappa shape index (κ1) is 11.9. The average molecular weight is 233 g/mol. The van der Waals surface area contributed by atoms with Gasteiger partial charge in [-0.25, -0.2) is 4.98 Å². The Balaban J connectivity index is 1.88. The summed E-state index contributed by atoms with van der Waals surface area (Å²) >= 11 is 0. The lowest BCUT2D eigenvalue weighted by Gasteiger charge is -2.11. The highest BCUT2D eigenvalue weighted by molar-refractivity contribution is 5.00. The number of rotatable bonds is 6. The summed E-state index contributed by atoms with van der Waals surface area (Å²) in [4.78, 5) is 4.35. The summed E-state index contributed by atoms with van der Waals surface area (Å²) in [5.41, 5.74) is 1.08. The number of aryl methyl sites for hydroxylation is 1. The van der Waals surface area contributed by atoms with Crippen LogP contribution in [-0.4, -0.2) is 16.6 Å². The highest BCUT2D eigenvalue weighted by Gasteiger charge is 2.07. The molecule has 92 valence electrons. The number of aromatic nitrogens is 2. The van der Waals surface area contributed by atoms with Gasteiger partial charge in [0.2, 0.25) is 0 Å². The van der Waals surface area contributed by atoms with E-state index in [-0.39, 0.29) is 0 Å². The number of furan rings is 1. The van der Waals surface area contributed by atoms with Crippen molar-refractivity contribution in [3.05, 3.63) is 42.4 Å². The Morgan fingerprint density at radius 2 is 2.41 bits per heavy atom. The zero-order chi connectivity index (χ0) is 12.1. The first-order valence-corrected chi connectivity index (χ1v) is 5.99. The molecular formula is C13H19N3O. The van der Waals surface area contributed by atoms with Gasteiger partial charge < -0.3 is 14.3 Å². The second-order valence-electron chi connectivity index (χ2n) is 4.31. The van der Waals surface area contributed by atoms with E-state index in [1.54, 1.807) is 6.26 Å². The average Bonchev–Trinajstić information content (AvgIpc) is 2.97. The molecule has 0 fully saturated rings. The number of nitrogens with zero attached hydrogens (tertiary/aromatic N) is 2. The Morgan fingerprint density at radius 3 is 3.12 bits per heavy atom. The second-order valence-corrected chi connectivity index (χ2v) is 4.31. The Bertz CT molecular complexity index is 433. The lowest BCUT2D eigenvalue weighted by molar-refractivity contribution is 0.452. The molecule has 0 aliphatic heterocycles. The van der Waals surface area contributed by atoms with Crippen LogP contribution in [0, 0.1) is 0 Å². The standard InChI is InChI=1S/C13H19N3O/c1-11(5-6-13-4-3-7-17-13)16-9-12(8-14-2)15-10-16/h3-4,7,9-11,14H,5-6,8H2,1-2H3. The van der Waals surface area contributed by atoms with Crippen LogP contribution in [0.15, 0.2) is 35.3 Å². The second kappa shape index (κ2) is 5.68. The highest BCUT2D eigenvalue weighted by Crippen LogP contribution is 2.15. The van der Waals surface area contributed by atoms with E-state index in [1.165, 1.54) is 0 Å². The lowest BCUT2D eigenvalue weighted by atomic mass is 10.1. The molecule has 17 heavy (non-hydrogen) atoms. The van der Waals surface area contributed by atoms with E-state index in [4.69, 9.17) is 4.42 Å². The Morgan fingerprint density at radius 1 is 1.53 bits per heavy atom. The van der Waals surface area contributed by atoms with Gasteiger partial charge in [-0.1, -0.05) is 0 Å². The fourth-order valence-corrected chi connectivity index (χ4v) is 1.85. The number of hydrogen-bond acceptors (Lipinski definition) is 3. The maximum absolute atomic E-state index is 5.33. The van der Waals surface area contributed by atoms with Crippen LogP contribution in [-0.2, 0) is 13.0 Å². The maximum Gasteiger partial charge on any atom is 0.103 e. The van der Waals surface area contributed by atoms with Gasteiger partial charge in [0.15, 0.2) is 0 Å². The molecule has 1 unspecified atom stereocenters. The number of imidazole rings is 1. The number of nitrogens with one attached hydrogen (secondary N) is 1. The van der Waals surface area contributed by atoms with Gasteiger partial charge in [-0.05, 0) is 32.5 Å². The largest absolute Gasteiger partial charge is 0.469 e. The van der Waals surface area contributed by atoms with Gasteiger partial charge in [-0.15, -0.1) is 0 Å². The minimum Gasteiger partial charge on any atom is -0.469 e. The molecule has 0 radical (unpaired) electrons. The van der Waals surface area contributed by atoms with Crippen LogP contribution in [0.1, 0.15) is 30.8 Å². The van der Waals surface area contributed by atoms with Gasteiger partial charge in [-0.2, -0.15) is 0 Å². The molecule has 4 heteroatoms. The van der Waals surface area contributed by atoms with Crippen LogP contribution < -0.4 is 5.32 Å². The van der Waals surface area contributed by atoms with Crippen molar-refractivity contribution in [3.63, 3.8) is 0 Å². The van der Waals surface area contributed by atoms with Crippen molar-refractivity contribution in [2.24, 2.45) is 0 Å².